The third-order valence-electron chi connectivity index (χ3n) is 3.48. The van der Waals surface area contributed by atoms with E-state index < -0.39 is 0 Å². The molecule has 0 spiro atoms. The van der Waals surface area contributed by atoms with Crippen molar-refractivity contribution in [2.24, 2.45) is 5.92 Å². The average molecular weight is 263 g/mol. The van der Waals surface area contributed by atoms with Gasteiger partial charge in [-0.15, -0.1) is 0 Å². The summed E-state index contributed by atoms with van der Waals surface area (Å²) in [6, 6.07) is 0.520. The lowest BCUT2D eigenvalue weighted by Crippen LogP contribution is -2.25. The molecule has 19 heavy (non-hydrogen) atoms. The number of nitrogens with one attached hydrogen (secondary N) is 1. The molecule has 1 aliphatic carbocycles. The van der Waals surface area contributed by atoms with Crippen LogP contribution in [-0.4, -0.2) is 29.6 Å². The standard InChI is InChI=1S/C14H25N5/c1-10(2)9-19(3)13-12(15)8-16-14(18-13)17-11-6-4-5-7-11/h8,10-11H,4-7,9,15H2,1-3H3,(H,16,17,18). The summed E-state index contributed by atoms with van der Waals surface area (Å²) in [6.45, 7) is 5.31. The maximum Gasteiger partial charge on any atom is 0.224 e. The van der Waals surface area contributed by atoms with Gasteiger partial charge in [0.25, 0.3) is 0 Å². The molecule has 1 saturated carbocycles. The molecule has 1 aromatic rings. The molecule has 1 aromatic heterocycles. The minimum absolute atomic E-state index is 0.520. The summed E-state index contributed by atoms with van der Waals surface area (Å²) in [5.41, 5.74) is 6.62. The number of nitrogen functional groups attached to an aromatic ring is 1. The van der Waals surface area contributed by atoms with Crippen molar-refractivity contribution >= 4 is 17.5 Å². The van der Waals surface area contributed by atoms with E-state index in [2.05, 4.69) is 34.0 Å². The highest BCUT2D eigenvalue weighted by Crippen LogP contribution is 2.24. The van der Waals surface area contributed by atoms with Crippen LogP contribution in [0.2, 0.25) is 0 Å². The van der Waals surface area contributed by atoms with Crippen molar-refractivity contribution in [3.05, 3.63) is 6.20 Å². The van der Waals surface area contributed by atoms with Crippen LogP contribution in [0.1, 0.15) is 39.5 Å². The van der Waals surface area contributed by atoms with Gasteiger partial charge < -0.3 is 16.0 Å². The highest BCUT2D eigenvalue weighted by atomic mass is 15.2. The first kappa shape index (κ1) is 13.9. The number of nitrogens with two attached hydrogens (primary N) is 1. The molecule has 0 saturated heterocycles. The van der Waals surface area contributed by atoms with Gasteiger partial charge in [0, 0.05) is 19.6 Å². The predicted molar refractivity (Wildman–Crippen MR) is 80.4 cm³/mol. The Morgan fingerprint density at radius 1 is 1.42 bits per heavy atom. The molecule has 106 valence electrons. The van der Waals surface area contributed by atoms with Crippen LogP contribution in [0.4, 0.5) is 17.5 Å². The molecule has 5 heteroatoms. The van der Waals surface area contributed by atoms with Crippen molar-refractivity contribution in [3.8, 4) is 0 Å². The summed E-state index contributed by atoms with van der Waals surface area (Å²) in [4.78, 5) is 11.0. The molecule has 0 aromatic carbocycles. The Bertz CT molecular complexity index is 412. The Morgan fingerprint density at radius 3 is 2.74 bits per heavy atom. The molecule has 2 rings (SSSR count). The van der Waals surface area contributed by atoms with E-state index in [-0.39, 0.29) is 0 Å². The highest BCUT2D eigenvalue weighted by molar-refractivity contribution is 5.63. The summed E-state index contributed by atoms with van der Waals surface area (Å²) >= 11 is 0. The average Bonchev–Trinajstić information content (AvgIpc) is 2.83. The third-order valence-corrected chi connectivity index (χ3v) is 3.48. The summed E-state index contributed by atoms with van der Waals surface area (Å²) in [7, 11) is 2.03. The monoisotopic (exact) mass is 263 g/mol. The van der Waals surface area contributed by atoms with Gasteiger partial charge in [0.15, 0.2) is 5.82 Å². The van der Waals surface area contributed by atoms with Gasteiger partial charge in [-0.2, -0.15) is 4.98 Å². The largest absolute Gasteiger partial charge is 0.394 e. The van der Waals surface area contributed by atoms with E-state index in [0.29, 0.717) is 23.6 Å². The first-order chi connectivity index (χ1) is 9.06. The third kappa shape index (κ3) is 3.72. The molecule has 0 amide bonds. The second-order valence-electron chi connectivity index (χ2n) is 5.87. The van der Waals surface area contributed by atoms with Crippen molar-refractivity contribution in [1.29, 1.82) is 0 Å². The van der Waals surface area contributed by atoms with Gasteiger partial charge in [0.05, 0.1) is 11.9 Å². The molecule has 0 unspecified atom stereocenters. The number of hydrogen-bond donors (Lipinski definition) is 2. The zero-order valence-electron chi connectivity index (χ0n) is 12.2. The van der Waals surface area contributed by atoms with Gasteiger partial charge in [-0.05, 0) is 18.8 Å². The maximum atomic E-state index is 5.98. The van der Waals surface area contributed by atoms with Crippen LogP contribution in [0.25, 0.3) is 0 Å². The quantitative estimate of drug-likeness (QED) is 0.854. The van der Waals surface area contributed by atoms with E-state index in [1.165, 1.54) is 25.7 Å². The number of rotatable bonds is 5. The van der Waals surface area contributed by atoms with Crippen molar-refractivity contribution in [1.82, 2.24) is 9.97 Å². The maximum absolute atomic E-state index is 5.98. The molecule has 1 fully saturated rings. The molecule has 5 nitrogen and oxygen atoms in total. The fourth-order valence-corrected chi connectivity index (χ4v) is 2.64. The van der Waals surface area contributed by atoms with Crippen LogP contribution >= 0.6 is 0 Å². The minimum atomic E-state index is 0.520. The predicted octanol–water partition coefficient (Wildman–Crippen LogP) is 2.51. The second kappa shape index (κ2) is 6.08. The molecule has 1 heterocycles. The van der Waals surface area contributed by atoms with Crippen LogP contribution in [0.15, 0.2) is 6.20 Å². The van der Waals surface area contributed by atoms with Gasteiger partial charge in [-0.25, -0.2) is 4.98 Å². The van der Waals surface area contributed by atoms with Crippen LogP contribution in [-0.2, 0) is 0 Å². The molecule has 0 bridgehead atoms. The van der Waals surface area contributed by atoms with Crippen molar-refractivity contribution < 1.29 is 0 Å². The van der Waals surface area contributed by atoms with E-state index in [0.717, 1.165) is 12.4 Å². The second-order valence-corrected chi connectivity index (χ2v) is 5.87. The van der Waals surface area contributed by atoms with Crippen molar-refractivity contribution in [3.63, 3.8) is 0 Å². The van der Waals surface area contributed by atoms with Crippen LogP contribution < -0.4 is 16.0 Å². The Morgan fingerprint density at radius 2 is 2.11 bits per heavy atom. The lowest BCUT2D eigenvalue weighted by atomic mass is 10.2. The summed E-state index contributed by atoms with van der Waals surface area (Å²) in [5, 5.41) is 3.41. The first-order valence-electron chi connectivity index (χ1n) is 7.16. The number of hydrogen-bond acceptors (Lipinski definition) is 5. The first-order valence-corrected chi connectivity index (χ1v) is 7.16. The summed E-state index contributed by atoms with van der Waals surface area (Å²) < 4.78 is 0. The Balaban J connectivity index is 2.09. The van der Waals surface area contributed by atoms with Crippen LogP contribution in [0, 0.1) is 5.92 Å². The number of anilines is 3. The fourth-order valence-electron chi connectivity index (χ4n) is 2.64. The smallest absolute Gasteiger partial charge is 0.224 e. The normalized spacial score (nSPS) is 16.0. The lowest BCUT2D eigenvalue weighted by molar-refractivity contribution is 0.634. The van der Waals surface area contributed by atoms with Crippen LogP contribution in [0.5, 0.6) is 0 Å². The SMILES string of the molecule is CC(C)CN(C)c1nc(NC2CCCC2)ncc1N. The Kier molecular flexibility index (Phi) is 4.45. The van der Waals surface area contributed by atoms with Gasteiger partial charge >= 0.3 is 0 Å². The van der Waals surface area contributed by atoms with Gasteiger partial charge in [0.1, 0.15) is 0 Å². The zero-order chi connectivity index (χ0) is 13.8. The molecule has 3 N–H and O–H groups in total. The minimum Gasteiger partial charge on any atom is -0.394 e. The Hall–Kier alpha value is -1.52. The molecular weight excluding hydrogens is 238 g/mol. The van der Waals surface area contributed by atoms with E-state index in [1.807, 2.05) is 7.05 Å². The lowest BCUT2D eigenvalue weighted by Gasteiger charge is -2.22. The molecule has 0 aliphatic heterocycles. The van der Waals surface area contributed by atoms with E-state index in [4.69, 9.17) is 5.73 Å². The molecular formula is C14H25N5. The fraction of sp³-hybridized carbons (Fsp3) is 0.714. The number of nitrogens with zero attached hydrogens (tertiary/aromatic N) is 3. The van der Waals surface area contributed by atoms with Crippen LogP contribution in [0.3, 0.4) is 0 Å². The Labute approximate surface area is 115 Å². The number of aromatic nitrogens is 2. The molecule has 0 atom stereocenters. The molecule has 1 aliphatic rings. The summed E-state index contributed by atoms with van der Waals surface area (Å²) in [6.07, 6.45) is 6.73. The molecule has 0 radical (unpaired) electrons. The van der Waals surface area contributed by atoms with E-state index >= 15 is 0 Å². The van der Waals surface area contributed by atoms with Gasteiger partial charge in [-0.1, -0.05) is 26.7 Å². The van der Waals surface area contributed by atoms with E-state index in [1.54, 1.807) is 6.20 Å². The van der Waals surface area contributed by atoms with Gasteiger partial charge in [-0.3, -0.25) is 0 Å². The topological polar surface area (TPSA) is 67.1 Å². The van der Waals surface area contributed by atoms with E-state index in [9.17, 15) is 0 Å². The highest BCUT2D eigenvalue weighted by Gasteiger charge is 2.17. The summed E-state index contributed by atoms with van der Waals surface area (Å²) in [5.74, 6) is 2.10. The van der Waals surface area contributed by atoms with Crippen molar-refractivity contribution in [2.75, 3.05) is 29.5 Å². The zero-order valence-corrected chi connectivity index (χ0v) is 12.2. The van der Waals surface area contributed by atoms with Gasteiger partial charge in [0.2, 0.25) is 5.95 Å². The van der Waals surface area contributed by atoms with Crippen molar-refractivity contribution in [2.45, 2.75) is 45.6 Å².